The molecule has 1 aromatic heterocycles. The second-order valence-corrected chi connectivity index (χ2v) is 6.27. The first-order chi connectivity index (χ1) is 8.55. The van der Waals surface area contributed by atoms with Gasteiger partial charge in [0.25, 0.3) is 0 Å². The Morgan fingerprint density at radius 3 is 2.11 bits per heavy atom. The Balaban J connectivity index is 3.10. The van der Waals surface area contributed by atoms with Crippen molar-refractivity contribution in [1.82, 2.24) is 4.90 Å². The number of thiophene rings is 1. The van der Waals surface area contributed by atoms with Crippen LogP contribution in [0.15, 0.2) is 12.1 Å². The third-order valence-corrected chi connectivity index (χ3v) is 5.27. The fourth-order valence-corrected chi connectivity index (χ4v) is 4.01. The molecular formula is C14H24ClNOS. The lowest BCUT2D eigenvalue weighted by Crippen LogP contribution is -2.52. The molecule has 104 valence electrons. The Bertz CT molecular complexity index is 358. The first-order valence-electron chi connectivity index (χ1n) is 6.74. The molecule has 0 aliphatic heterocycles. The van der Waals surface area contributed by atoms with Gasteiger partial charge in [-0.05, 0) is 38.1 Å². The molecule has 0 amide bonds. The molecule has 18 heavy (non-hydrogen) atoms. The summed E-state index contributed by atoms with van der Waals surface area (Å²) in [6, 6.07) is 3.81. The lowest BCUT2D eigenvalue weighted by Gasteiger charge is -2.45. The number of hydrogen-bond acceptors (Lipinski definition) is 3. The van der Waals surface area contributed by atoms with Crippen LogP contribution in [0, 0.1) is 0 Å². The van der Waals surface area contributed by atoms with Crippen molar-refractivity contribution in [2.45, 2.75) is 52.2 Å². The van der Waals surface area contributed by atoms with E-state index in [1.165, 1.54) is 11.3 Å². The van der Waals surface area contributed by atoms with Crippen LogP contribution in [-0.2, 0) is 0 Å². The topological polar surface area (TPSA) is 23.5 Å². The van der Waals surface area contributed by atoms with E-state index in [1.54, 1.807) is 0 Å². The van der Waals surface area contributed by atoms with Gasteiger partial charge < -0.3 is 5.11 Å². The minimum absolute atomic E-state index is 0.183. The van der Waals surface area contributed by atoms with Crippen LogP contribution in [-0.4, -0.2) is 28.6 Å². The fourth-order valence-electron chi connectivity index (χ4n) is 2.85. The molecule has 1 atom stereocenters. The molecule has 1 N–H and O–H groups in total. The van der Waals surface area contributed by atoms with Crippen LogP contribution in [0.5, 0.6) is 0 Å². The van der Waals surface area contributed by atoms with Crippen molar-refractivity contribution < 1.29 is 5.11 Å². The number of nitrogens with zero attached hydrogens (tertiary/aromatic N) is 1. The van der Waals surface area contributed by atoms with E-state index in [2.05, 4.69) is 32.6 Å². The highest BCUT2D eigenvalue weighted by atomic mass is 35.5. The highest BCUT2D eigenvalue weighted by Crippen LogP contribution is 2.40. The first-order valence-corrected chi connectivity index (χ1v) is 7.93. The van der Waals surface area contributed by atoms with Crippen LogP contribution in [0.2, 0.25) is 4.34 Å². The van der Waals surface area contributed by atoms with Crippen molar-refractivity contribution in [3.8, 4) is 0 Å². The van der Waals surface area contributed by atoms with Gasteiger partial charge in [-0.1, -0.05) is 39.3 Å². The zero-order valence-electron chi connectivity index (χ0n) is 11.7. The lowest BCUT2D eigenvalue weighted by atomic mass is 9.83. The molecule has 0 aliphatic carbocycles. The van der Waals surface area contributed by atoms with Crippen LogP contribution in [0.3, 0.4) is 0 Å². The molecule has 2 nitrogen and oxygen atoms in total. The van der Waals surface area contributed by atoms with E-state index in [0.29, 0.717) is 0 Å². The van der Waals surface area contributed by atoms with Gasteiger partial charge in [-0.3, -0.25) is 4.90 Å². The van der Waals surface area contributed by atoms with Gasteiger partial charge in [0.2, 0.25) is 0 Å². The second kappa shape index (κ2) is 6.90. The summed E-state index contributed by atoms with van der Waals surface area (Å²) < 4.78 is 0.740. The molecule has 0 aliphatic rings. The van der Waals surface area contributed by atoms with Crippen LogP contribution in [0.4, 0.5) is 0 Å². The minimum atomic E-state index is -0.468. The monoisotopic (exact) mass is 289 g/mol. The van der Waals surface area contributed by atoms with E-state index in [1.807, 2.05) is 12.1 Å². The Hall–Kier alpha value is -0.0900. The van der Waals surface area contributed by atoms with Gasteiger partial charge in [0, 0.05) is 4.88 Å². The van der Waals surface area contributed by atoms with Crippen molar-refractivity contribution >= 4 is 22.9 Å². The average molecular weight is 290 g/mol. The van der Waals surface area contributed by atoms with Crippen molar-refractivity contribution in [3.63, 3.8) is 0 Å². The summed E-state index contributed by atoms with van der Waals surface area (Å²) in [4.78, 5) is 3.33. The summed E-state index contributed by atoms with van der Waals surface area (Å²) >= 11 is 7.46. The summed E-state index contributed by atoms with van der Waals surface area (Å²) in [5.41, 5.74) is -0.183. The van der Waals surface area contributed by atoms with Gasteiger partial charge in [0.05, 0.1) is 9.88 Å². The fraction of sp³-hybridized carbons (Fsp3) is 0.714. The number of halogens is 1. The molecule has 0 aromatic carbocycles. The first kappa shape index (κ1) is 16.0. The van der Waals surface area contributed by atoms with E-state index in [-0.39, 0.29) is 5.54 Å². The van der Waals surface area contributed by atoms with E-state index in [0.717, 1.165) is 35.1 Å². The van der Waals surface area contributed by atoms with Crippen molar-refractivity contribution in [3.05, 3.63) is 21.3 Å². The second-order valence-electron chi connectivity index (χ2n) is 4.53. The van der Waals surface area contributed by atoms with E-state index >= 15 is 0 Å². The zero-order valence-corrected chi connectivity index (χ0v) is 13.3. The molecule has 1 aromatic rings. The number of aliphatic hydroxyl groups is 1. The molecule has 0 spiro atoms. The summed E-state index contributed by atoms with van der Waals surface area (Å²) in [6.07, 6.45) is 1.40. The number of rotatable bonds is 7. The third-order valence-electron chi connectivity index (χ3n) is 3.99. The van der Waals surface area contributed by atoms with Crippen LogP contribution >= 0.6 is 22.9 Å². The molecule has 4 heteroatoms. The van der Waals surface area contributed by atoms with E-state index < -0.39 is 6.10 Å². The molecule has 0 saturated heterocycles. The molecular weight excluding hydrogens is 266 g/mol. The quantitative estimate of drug-likeness (QED) is 0.807. The molecule has 1 unspecified atom stereocenters. The average Bonchev–Trinajstić information content (AvgIpc) is 2.82. The smallest absolute Gasteiger partial charge is 0.106 e. The van der Waals surface area contributed by atoms with Crippen LogP contribution in [0.25, 0.3) is 0 Å². The Kier molecular flexibility index (Phi) is 6.12. The third kappa shape index (κ3) is 2.90. The number of likely N-dealkylation sites (N-methyl/N-ethyl adjacent to an activating group) is 1. The maximum atomic E-state index is 10.8. The molecule has 0 fully saturated rings. The summed E-state index contributed by atoms with van der Waals surface area (Å²) in [7, 11) is 0. The van der Waals surface area contributed by atoms with Crippen molar-refractivity contribution in [1.29, 1.82) is 0 Å². The highest BCUT2D eigenvalue weighted by Gasteiger charge is 2.40. The van der Waals surface area contributed by atoms with E-state index in [9.17, 15) is 5.11 Å². The van der Waals surface area contributed by atoms with Crippen molar-refractivity contribution in [2.75, 3.05) is 13.1 Å². The highest BCUT2D eigenvalue weighted by molar-refractivity contribution is 7.16. The predicted molar refractivity (Wildman–Crippen MR) is 80.5 cm³/mol. The largest absolute Gasteiger partial charge is 0.386 e. The van der Waals surface area contributed by atoms with E-state index in [4.69, 9.17) is 11.6 Å². The Labute approximate surface area is 120 Å². The lowest BCUT2D eigenvalue weighted by molar-refractivity contribution is -0.0348. The standard InChI is InChI=1S/C14H24ClNOS/c1-5-14(6-2,16(7-3)8-4)13(17)11-9-10-12(15)18-11/h9-10,13,17H,5-8H2,1-4H3. The number of aliphatic hydroxyl groups excluding tert-OH is 1. The zero-order chi connectivity index (χ0) is 13.8. The number of hydrogen-bond donors (Lipinski definition) is 1. The molecule has 1 heterocycles. The molecule has 0 radical (unpaired) electrons. The van der Waals surface area contributed by atoms with Gasteiger partial charge >= 0.3 is 0 Å². The summed E-state index contributed by atoms with van der Waals surface area (Å²) in [5, 5.41) is 10.8. The maximum Gasteiger partial charge on any atom is 0.106 e. The minimum Gasteiger partial charge on any atom is -0.386 e. The van der Waals surface area contributed by atoms with Gasteiger partial charge in [-0.2, -0.15) is 0 Å². The van der Waals surface area contributed by atoms with Gasteiger partial charge in [0.1, 0.15) is 6.10 Å². The normalized spacial score (nSPS) is 14.2. The van der Waals surface area contributed by atoms with Gasteiger partial charge in [-0.15, -0.1) is 11.3 Å². The molecule has 0 bridgehead atoms. The van der Waals surface area contributed by atoms with Gasteiger partial charge in [0.15, 0.2) is 0 Å². The van der Waals surface area contributed by atoms with Crippen molar-refractivity contribution in [2.24, 2.45) is 0 Å². The Morgan fingerprint density at radius 2 is 1.78 bits per heavy atom. The Morgan fingerprint density at radius 1 is 1.22 bits per heavy atom. The summed E-state index contributed by atoms with van der Waals surface area (Å²) in [5.74, 6) is 0. The predicted octanol–water partition coefficient (Wildman–Crippen LogP) is 4.34. The van der Waals surface area contributed by atoms with Crippen LogP contribution < -0.4 is 0 Å². The molecule has 0 saturated carbocycles. The SMILES string of the molecule is CCN(CC)C(CC)(CC)C(O)c1ccc(Cl)s1. The van der Waals surface area contributed by atoms with Gasteiger partial charge in [-0.25, -0.2) is 0 Å². The molecule has 1 rings (SSSR count). The van der Waals surface area contributed by atoms with Crippen LogP contribution in [0.1, 0.15) is 51.5 Å². The maximum absolute atomic E-state index is 10.8. The summed E-state index contributed by atoms with van der Waals surface area (Å²) in [6.45, 7) is 10.5.